The van der Waals surface area contributed by atoms with Gasteiger partial charge in [0, 0.05) is 6.07 Å². The van der Waals surface area contributed by atoms with Gasteiger partial charge in [0.2, 0.25) is 0 Å². The number of halogens is 1. The summed E-state index contributed by atoms with van der Waals surface area (Å²) < 4.78 is 23.2. The fourth-order valence-corrected chi connectivity index (χ4v) is 2.52. The summed E-state index contributed by atoms with van der Waals surface area (Å²) in [6.45, 7) is 0.0990. The standard InChI is InChI=1S/C16H13FN2O3S/c17-11-3-5-13(6-4-11)21-10-16(20)18-9-12-8-14(22-19-12)15-2-1-7-23-15/h1-8H,9-10H2,(H,18,20). The number of ether oxygens (including phenoxy) is 1. The average molecular weight is 332 g/mol. The summed E-state index contributed by atoms with van der Waals surface area (Å²) in [6, 6.07) is 11.1. The van der Waals surface area contributed by atoms with Gasteiger partial charge in [0.25, 0.3) is 5.91 Å². The Morgan fingerprint density at radius 3 is 2.87 bits per heavy atom. The highest BCUT2D eigenvalue weighted by molar-refractivity contribution is 7.13. The number of carbonyl (C=O) groups is 1. The highest BCUT2D eigenvalue weighted by atomic mass is 32.1. The Hall–Kier alpha value is -2.67. The Bertz CT molecular complexity index is 769. The van der Waals surface area contributed by atoms with Gasteiger partial charge in [-0.05, 0) is 35.7 Å². The first-order valence-electron chi connectivity index (χ1n) is 6.85. The molecule has 2 aromatic heterocycles. The molecule has 7 heteroatoms. The molecule has 0 atom stereocenters. The number of rotatable bonds is 6. The highest BCUT2D eigenvalue weighted by Crippen LogP contribution is 2.24. The summed E-state index contributed by atoms with van der Waals surface area (Å²) in [6.07, 6.45) is 0. The SMILES string of the molecule is O=C(COc1ccc(F)cc1)NCc1cc(-c2cccs2)on1. The third-order valence-corrected chi connectivity index (χ3v) is 3.86. The van der Waals surface area contributed by atoms with Gasteiger partial charge in [-0.2, -0.15) is 0 Å². The summed E-state index contributed by atoms with van der Waals surface area (Å²) in [5.41, 5.74) is 0.628. The molecule has 2 heterocycles. The number of nitrogens with zero attached hydrogens (tertiary/aromatic N) is 1. The fourth-order valence-electron chi connectivity index (χ4n) is 1.85. The predicted molar refractivity (Wildman–Crippen MR) is 83.6 cm³/mol. The lowest BCUT2D eigenvalue weighted by Crippen LogP contribution is -2.28. The van der Waals surface area contributed by atoms with Crippen molar-refractivity contribution >= 4 is 17.2 Å². The van der Waals surface area contributed by atoms with Crippen LogP contribution in [-0.2, 0) is 11.3 Å². The topological polar surface area (TPSA) is 64.4 Å². The number of thiophene rings is 1. The van der Waals surface area contributed by atoms with Crippen LogP contribution in [0.4, 0.5) is 4.39 Å². The quantitative estimate of drug-likeness (QED) is 0.753. The molecule has 0 radical (unpaired) electrons. The molecule has 0 bridgehead atoms. The van der Waals surface area contributed by atoms with E-state index in [4.69, 9.17) is 9.26 Å². The maximum atomic E-state index is 12.7. The fraction of sp³-hybridized carbons (Fsp3) is 0.125. The van der Waals surface area contributed by atoms with Crippen molar-refractivity contribution in [2.45, 2.75) is 6.54 Å². The number of nitrogens with one attached hydrogen (secondary N) is 1. The van der Waals surface area contributed by atoms with Crippen molar-refractivity contribution in [1.29, 1.82) is 0 Å². The minimum Gasteiger partial charge on any atom is -0.484 e. The van der Waals surface area contributed by atoms with E-state index in [9.17, 15) is 9.18 Å². The lowest BCUT2D eigenvalue weighted by Gasteiger charge is -2.06. The third kappa shape index (κ3) is 4.17. The van der Waals surface area contributed by atoms with Gasteiger partial charge in [-0.3, -0.25) is 4.79 Å². The van der Waals surface area contributed by atoms with Crippen LogP contribution in [-0.4, -0.2) is 17.7 Å². The van der Waals surface area contributed by atoms with Gasteiger partial charge < -0.3 is 14.6 Å². The van der Waals surface area contributed by atoms with Crippen molar-refractivity contribution in [3.05, 3.63) is 59.4 Å². The lowest BCUT2D eigenvalue weighted by molar-refractivity contribution is -0.123. The van der Waals surface area contributed by atoms with Crippen molar-refractivity contribution < 1.29 is 18.4 Å². The Morgan fingerprint density at radius 2 is 2.13 bits per heavy atom. The van der Waals surface area contributed by atoms with Gasteiger partial charge in [0.05, 0.1) is 11.4 Å². The summed E-state index contributed by atoms with van der Waals surface area (Å²) >= 11 is 1.55. The zero-order valence-corrected chi connectivity index (χ0v) is 12.8. The smallest absolute Gasteiger partial charge is 0.258 e. The van der Waals surface area contributed by atoms with Gasteiger partial charge in [-0.1, -0.05) is 11.2 Å². The number of benzene rings is 1. The van der Waals surface area contributed by atoms with Crippen LogP contribution >= 0.6 is 11.3 Å². The molecule has 0 saturated carbocycles. The average Bonchev–Trinajstić information content (AvgIpc) is 3.23. The molecule has 23 heavy (non-hydrogen) atoms. The largest absolute Gasteiger partial charge is 0.484 e. The second-order valence-corrected chi connectivity index (χ2v) is 5.63. The van der Waals surface area contributed by atoms with E-state index in [0.29, 0.717) is 17.2 Å². The van der Waals surface area contributed by atoms with E-state index in [0.717, 1.165) is 4.88 Å². The van der Waals surface area contributed by atoms with Crippen molar-refractivity contribution in [3.8, 4) is 16.4 Å². The van der Waals surface area contributed by atoms with Crippen LogP contribution in [0.15, 0.2) is 52.4 Å². The number of carbonyl (C=O) groups excluding carboxylic acids is 1. The van der Waals surface area contributed by atoms with E-state index in [1.165, 1.54) is 24.3 Å². The van der Waals surface area contributed by atoms with Crippen LogP contribution in [0.2, 0.25) is 0 Å². The number of hydrogen-bond donors (Lipinski definition) is 1. The molecule has 1 N–H and O–H groups in total. The van der Waals surface area contributed by atoms with Crippen LogP contribution in [0.25, 0.3) is 10.6 Å². The first-order valence-corrected chi connectivity index (χ1v) is 7.73. The van der Waals surface area contributed by atoms with Crippen LogP contribution in [0.5, 0.6) is 5.75 Å². The van der Waals surface area contributed by atoms with E-state index in [-0.39, 0.29) is 24.9 Å². The molecule has 0 aliphatic rings. The molecular formula is C16H13FN2O3S. The number of aromatic nitrogens is 1. The number of amides is 1. The lowest BCUT2D eigenvalue weighted by atomic mass is 10.3. The zero-order valence-electron chi connectivity index (χ0n) is 12.0. The minimum absolute atomic E-state index is 0.152. The van der Waals surface area contributed by atoms with Crippen LogP contribution in [0.1, 0.15) is 5.69 Å². The number of hydrogen-bond acceptors (Lipinski definition) is 5. The van der Waals surface area contributed by atoms with Crippen molar-refractivity contribution in [2.24, 2.45) is 0 Å². The zero-order chi connectivity index (χ0) is 16.1. The predicted octanol–water partition coefficient (Wildman–Crippen LogP) is 3.24. The van der Waals surface area contributed by atoms with E-state index in [1.54, 1.807) is 17.4 Å². The summed E-state index contributed by atoms with van der Waals surface area (Å²) in [5.74, 6) is 0.458. The van der Waals surface area contributed by atoms with Crippen molar-refractivity contribution in [2.75, 3.05) is 6.61 Å². The normalized spacial score (nSPS) is 10.5. The van der Waals surface area contributed by atoms with Gasteiger partial charge in [0.15, 0.2) is 12.4 Å². The maximum Gasteiger partial charge on any atom is 0.258 e. The molecular weight excluding hydrogens is 319 g/mol. The van der Waals surface area contributed by atoms with Crippen molar-refractivity contribution in [3.63, 3.8) is 0 Å². The van der Waals surface area contributed by atoms with E-state index < -0.39 is 0 Å². The van der Waals surface area contributed by atoms with Crippen LogP contribution in [0, 0.1) is 5.82 Å². The Labute approximate surface area is 135 Å². The maximum absolute atomic E-state index is 12.7. The molecule has 1 amide bonds. The van der Waals surface area contributed by atoms with Gasteiger partial charge in [0.1, 0.15) is 17.3 Å². The first-order chi connectivity index (χ1) is 11.2. The second kappa shape index (κ2) is 7.06. The van der Waals surface area contributed by atoms with Crippen LogP contribution in [0.3, 0.4) is 0 Å². The van der Waals surface area contributed by atoms with Gasteiger partial charge >= 0.3 is 0 Å². The molecule has 5 nitrogen and oxygen atoms in total. The molecule has 0 unspecified atom stereocenters. The molecule has 3 aromatic rings. The summed E-state index contributed by atoms with van der Waals surface area (Å²) in [7, 11) is 0. The second-order valence-electron chi connectivity index (χ2n) is 4.68. The van der Waals surface area contributed by atoms with Crippen LogP contribution < -0.4 is 10.1 Å². The summed E-state index contributed by atoms with van der Waals surface area (Å²) in [5, 5.41) is 8.54. The van der Waals surface area contributed by atoms with Gasteiger partial charge in [-0.25, -0.2) is 4.39 Å². The monoisotopic (exact) mass is 332 g/mol. The molecule has 0 saturated heterocycles. The van der Waals surface area contributed by atoms with Gasteiger partial charge in [-0.15, -0.1) is 11.3 Å². The van der Waals surface area contributed by atoms with E-state index >= 15 is 0 Å². The molecule has 0 aliphatic heterocycles. The molecule has 0 spiro atoms. The third-order valence-electron chi connectivity index (χ3n) is 2.97. The Morgan fingerprint density at radius 1 is 1.30 bits per heavy atom. The summed E-state index contributed by atoms with van der Waals surface area (Å²) in [4.78, 5) is 12.7. The molecule has 0 aliphatic carbocycles. The molecule has 118 valence electrons. The molecule has 0 fully saturated rings. The highest BCUT2D eigenvalue weighted by Gasteiger charge is 2.09. The van der Waals surface area contributed by atoms with E-state index in [1.807, 2.05) is 17.5 Å². The minimum atomic E-state index is -0.352. The Balaban J connectivity index is 1.46. The molecule has 1 aromatic carbocycles. The first kappa shape index (κ1) is 15.2. The Kier molecular flexibility index (Phi) is 4.68. The molecule has 3 rings (SSSR count). The van der Waals surface area contributed by atoms with E-state index in [2.05, 4.69) is 10.5 Å². The van der Waals surface area contributed by atoms with Crippen molar-refractivity contribution in [1.82, 2.24) is 10.5 Å².